The van der Waals surface area contributed by atoms with E-state index in [1.54, 1.807) is 34.6 Å². The molecule has 0 spiro atoms. The standard InChI is InChI=1S/C22H35NO8/c1-7-17(24)28-15-10-8-9-11-19(26)30-22(5,6)13-12-18(25)29-16-14-23-20(27)31-21(2,3)4/h7,12-13H,1,8-11,14-16H2,2-6H3,(H,23,27)/b13-12+. The maximum atomic E-state index is 11.9. The largest absolute Gasteiger partial charge is 0.463 e. The Morgan fingerprint density at radius 1 is 0.871 bits per heavy atom. The molecule has 0 aromatic rings. The predicted octanol–water partition coefficient (Wildman–Crippen LogP) is 3.22. The molecule has 0 radical (unpaired) electrons. The van der Waals surface area contributed by atoms with Crippen LogP contribution >= 0.6 is 0 Å². The molecule has 1 N–H and O–H groups in total. The van der Waals surface area contributed by atoms with Crippen LogP contribution in [0, 0.1) is 0 Å². The van der Waals surface area contributed by atoms with Crippen molar-refractivity contribution in [2.75, 3.05) is 19.8 Å². The van der Waals surface area contributed by atoms with Crippen molar-refractivity contribution in [2.24, 2.45) is 0 Å². The molecule has 0 aromatic carbocycles. The van der Waals surface area contributed by atoms with Gasteiger partial charge in [0.15, 0.2) is 0 Å². The number of rotatable bonds is 13. The van der Waals surface area contributed by atoms with E-state index in [-0.39, 0.29) is 26.2 Å². The zero-order chi connectivity index (χ0) is 23.9. The zero-order valence-corrected chi connectivity index (χ0v) is 19.2. The molecule has 0 aromatic heterocycles. The quantitative estimate of drug-likeness (QED) is 0.200. The summed E-state index contributed by atoms with van der Waals surface area (Å²) in [5, 5.41) is 2.47. The van der Waals surface area contributed by atoms with Crippen LogP contribution in [0.2, 0.25) is 0 Å². The minimum absolute atomic E-state index is 0.0231. The maximum Gasteiger partial charge on any atom is 0.407 e. The van der Waals surface area contributed by atoms with Gasteiger partial charge in [0.1, 0.15) is 17.8 Å². The van der Waals surface area contributed by atoms with E-state index >= 15 is 0 Å². The molecule has 9 heteroatoms. The van der Waals surface area contributed by atoms with Crippen molar-refractivity contribution in [3.63, 3.8) is 0 Å². The monoisotopic (exact) mass is 441 g/mol. The molecule has 0 heterocycles. The third kappa shape index (κ3) is 17.7. The van der Waals surface area contributed by atoms with Crippen LogP contribution in [0.1, 0.15) is 60.3 Å². The minimum atomic E-state index is -0.982. The van der Waals surface area contributed by atoms with E-state index in [0.717, 1.165) is 6.08 Å². The number of carbonyl (C=O) groups excluding carboxylic acids is 4. The van der Waals surface area contributed by atoms with Gasteiger partial charge in [-0.1, -0.05) is 6.58 Å². The van der Waals surface area contributed by atoms with Crippen molar-refractivity contribution in [1.29, 1.82) is 0 Å². The van der Waals surface area contributed by atoms with Crippen LogP contribution < -0.4 is 5.32 Å². The van der Waals surface area contributed by atoms with Crippen LogP contribution in [0.5, 0.6) is 0 Å². The van der Waals surface area contributed by atoms with Gasteiger partial charge in [0.25, 0.3) is 0 Å². The highest BCUT2D eigenvalue weighted by atomic mass is 16.6. The van der Waals surface area contributed by atoms with Crippen LogP contribution in [-0.2, 0) is 33.3 Å². The Morgan fingerprint density at radius 3 is 2.13 bits per heavy atom. The van der Waals surface area contributed by atoms with Gasteiger partial charge in [0.2, 0.25) is 0 Å². The molecule has 0 saturated heterocycles. The summed E-state index contributed by atoms with van der Waals surface area (Å²) in [5.74, 6) is -1.48. The number of nitrogens with one attached hydrogen (secondary N) is 1. The minimum Gasteiger partial charge on any atom is -0.463 e. The van der Waals surface area contributed by atoms with E-state index in [4.69, 9.17) is 18.9 Å². The SMILES string of the molecule is C=CC(=O)OCCCCCC(=O)OC(C)(C)/C=C/C(=O)OCCNC(=O)OC(C)(C)C. The molecule has 31 heavy (non-hydrogen) atoms. The molecule has 0 bridgehead atoms. The fraction of sp³-hybridized carbons (Fsp3) is 0.636. The van der Waals surface area contributed by atoms with E-state index in [2.05, 4.69) is 11.9 Å². The Balaban J connectivity index is 4.05. The van der Waals surface area contributed by atoms with E-state index in [9.17, 15) is 19.2 Å². The summed E-state index contributed by atoms with van der Waals surface area (Å²) in [5.41, 5.74) is -1.59. The van der Waals surface area contributed by atoms with Gasteiger partial charge < -0.3 is 24.3 Å². The molecule has 0 unspecified atom stereocenters. The van der Waals surface area contributed by atoms with E-state index in [1.807, 2.05) is 0 Å². The van der Waals surface area contributed by atoms with Crippen molar-refractivity contribution in [3.8, 4) is 0 Å². The second-order valence-corrected chi connectivity index (χ2v) is 8.19. The lowest BCUT2D eigenvalue weighted by Crippen LogP contribution is -2.34. The van der Waals surface area contributed by atoms with Gasteiger partial charge in [-0.3, -0.25) is 4.79 Å². The number of hydrogen-bond acceptors (Lipinski definition) is 8. The maximum absolute atomic E-state index is 11.9. The van der Waals surface area contributed by atoms with Crippen molar-refractivity contribution in [2.45, 2.75) is 71.5 Å². The molecule has 176 valence electrons. The lowest BCUT2D eigenvalue weighted by molar-refractivity contribution is -0.153. The third-order valence-electron chi connectivity index (χ3n) is 3.45. The highest BCUT2D eigenvalue weighted by Gasteiger charge is 2.20. The van der Waals surface area contributed by atoms with Crippen molar-refractivity contribution < 1.29 is 38.1 Å². The van der Waals surface area contributed by atoms with Gasteiger partial charge in [-0.25, -0.2) is 14.4 Å². The molecule has 9 nitrogen and oxygen atoms in total. The third-order valence-corrected chi connectivity index (χ3v) is 3.45. The molecule has 0 fully saturated rings. The Morgan fingerprint density at radius 2 is 1.52 bits per heavy atom. The van der Waals surface area contributed by atoms with E-state index in [1.165, 1.54) is 12.2 Å². The smallest absolute Gasteiger partial charge is 0.407 e. The van der Waals surface area contributed by atoms with E-state index < -0.39 is 35.2 Å². The van der Waals surface area contributed by atoms with Gasteiger partial charge in [-0.2, -0.15) is 0 Å². The first-order valence-electron chi connectivity index (χ1n) is 10.2. The molecule has 1 amide bonds. The molecule has 0 rings (SSSR count). The Labute approximate surface area is 184 Å². The number of alkyl carbamates (subject to hydrolysis) is 1. The normalized spacial score (nSPS) is 11.5. The summed E-state index contributed by atoms with van der Waals surface area (Å²) in [6.07, 6.45) is 5.28. The molecule has 0 saturated carbocycles. The molecule has 0 aliphatic rings. The summed E-state index contributed by atoms with van der Waals surface area (Å²) >= 11 is 0. The first kappa shape index (κ1) is 28.2. The van der Waals surface area contributed by atoms with Gasteiger partial charge in [-0.05, 0) is 60.0 Å². The summed E-state index contributed by atoms with van der Waals surface area (Å²) in [6.45, 7) is 12.2. The topological polar surface area (TPSA) is 117 Å². The fourth-order valence-electron chi connectivity index (χ4n) is 2.09. The number of unbranched alkanes of at least 4 members (excludes halogenated alkanes) is 2. The van der Waals surface area contributed by atoms with Gasteiger partial charge in [0, 0.05) is 18.6 Å². The van der Waals surface area contributed by atoms with Gasteiger partial charge in [-0.15, -0.1) is 0 Å². The van der Waals surface area contributed by atoms with Crippen molar-refractivity contribution in [3.05, 3.63) is 24.8 Å². The number of ether oxygens (including phenoxy) is 4. The van der Waals surface area contributed by atoms with Crippen LogP contribution in [0.4, 0.5) is 4.79 Å². The van der Waals surface area contributed by atoms with E-state index in [0.29, 0.717) is 19.3 Å². The highest BCUT2D eigenvalue weighted by Crippen LogP contribution is 2.14. The van der Waals surface area contributed by atoms with Crippen LogP contribution in [0.15, 0.2) is 24.8 Å². The van der Waals surface area contributed by atoms with Gasteiger partial charge in [0.05, 0.1) is 13.2 Å². The first-order chi connectivity index (χ1) is 14.3. The van der Waals surface area contributed by atoms with Crippen LogP contribution in [0.25, 0.3) is 0 Å². The van der Waals surface area contributed by atoms with Gasteiger partial charge >= 0.3 is 24.0 Å². The Kier molecular flexibility index (Phi) is 12.9. The molecule has 0 aliphatic heterocycles. The summed E-state index contributed by atoms with van der Waals surface area (Å²) in [6, 6.07) is 0. The zero-order valence-electron chi connectivity index (χ0n) is 19.2. The molecular weight excluding hydrogens is 406 g/mol. The Bertz CT molecular complexity index is 646. The number of hydrogen-bond donors (Lipinski definition) is 1. The summed E-state index contributed by atoms with van der Waals surface area (Å²) in [4.78, 5) is 46.1. The average molecular weight is 442 g/mol. The predicted molar refractivity (Wildman–Crippen MR) is 114 cm³/mol. The Hall–Kier alpha value is -2.84. The lowest BCUT2D eigenvalue weighted by Gasteiger charge is -2.21. The van der Waals surface area contributed by atoms with Crippen molar-refractivity contribution in [1.82, 2.24) is 5.32 Å². The number of esters is 3. The number of amides is 1. The lowest BCUT2D eigenvalue weighted by atomic mass is 10.1. The molecular formula is C22H35NO8. The summed E-state index contributed by atoms with van der Waals surface area (Å²) < 4.78 is 20.2. The second-order valence-electron chi connectivity index (χ2n) is 8.19. The number of carbonyl (C=O) groups is 4. The first-order valence-corrected chi connectivity index (χ1v) is 10.2. The highest BCUT2D eigenvalue weighted by molar-refractivity contribution is 5.82. The fourth-order valence-corrected chi connectivity index (χ4v) is 2.09. The summed E-state index contributed by atoms with van der Waals surface area (Å²) in [7, 11) is 0. The van der Waals surface area contributed by atoms with Crippen LogP contribution in [0.3, 0.4) is 0 Å². The van der Waals surface area contributed by atoms with Crippen molar-refractivity contribution >= 4 is 24.0 Å². The molecule has 0 aliphatic carbocycles. The molecule has 0 atom stereocenters. The second kappa shape index (κ2) is 14.2. The van der Waals surface area contributed by atoms with Crippen LogP contribution in [-0.4, -0.2) is 55.0 Å². The average Bonchev–Trinajstić information content (AvgIpc) is 2.64.